The van der Waals surface area contributed by atoms with Crippen LogP contribution in [-0.4, -0.2) is 25.2 Å². The molecule has 3 rings (SSSR count). The topological polar surface area (TPSA) is 62.0 Å². The average Bonchev–Trinajstić information content (AvgIpc) is 2.90. The van der Waals surface area contributed by atoms with Crippen molar-refractivity contribution in [2.75, 3.05) is 5.75 Å². The molecule has 5 heteroatoms. The number of sulfone groups is 1. The minimum Gasteiger partial charge on any atom is -0.361 e. The van der Waals surface area contributed by atoms with Gasteiger partial charge in [-0.3, -0.25) is 0 Å². The van der Waals surface area contributed by atoms with Crippen LogP contribution in [-0.2, 0) is 16.4 Å². The molecule has 0 spiro atoms. The number of fused-ring (bicyclic) bond motifs is 1. The SMILES string of the molecule is O=S1(=O)C=CC(NCc2c[nH]c3ccccc23)C1. The molecular formula is C13H14N2O2S. The van der Waals surface area contributed by atoms with E-state index in [2.05, 4.69) is 16.4 Å². The van der Waals surface area contributed by atoms with Crippen molar-refractivity contribution in [3.05, 3.63) is 47.5 Å². The van der Waals surface area contributed by atoms with Crippen LogP contribution in [0.4, 0.5) is 0 Å². The minimum absolute atomic E-state index is 0.0799. The summed E-state index contributed by atoms with van der Waals surface area (Å²) in [7, 11) is -2.98. The molecule has 2 heterocycles. The fraction of sp³-hybridized carbons (Fsp3) is 0.231. The fourth-order valence-corrected chi connectivity index (χ4v) is 3.49. The van der Waals surface area contributed by atoms with Crippen LogP contribution in [0.3, 0.4) is 0 Å². The van der Waals surface area contributed by atoms with Crippen molar-refractivity contribution >= 4 is 20.7 Å². The highest BCUT2D eigenvalue weighted by atomic mass is 32.2. The van der Waals surface area contributed by atoms with Crippen molar-refractivity contribution in [3.8, 4) is 0 Å². The van der Waals surface area contributed by atoms with Gasteiger partial charge in [0.15, 0.2) is 9.84 Å². The Bertz CT molecular complexity index is 701. The lowest BCUT2D eigenvalue weighted by atomic mass is 10.1. The molecular weight excluding hydrogens is 248 g/mol. The lowest BCUT2D eigenvalue weighted by Crippen LogP contribution is -2.29. The number of hydrogen-bond acceptors (Lipinski definition) is 3. The molecule has 1 aliphatic rings. The normalized spacial score (nSPS) is 21.7. The van der Waals surface area contributed by atoms with Crippen LogP contribution < -0.4 is 5.32 Å². The fourth-order valence-electron chi connectivity index (χ4n) is 2.22. The molecule has 1 aromatic carbocycles. The van der Waals surface area contributed by atoms with Crippen LogP contribution in [0, 0.1) is 0 Å². The summed E-state index contributed by atoms with van der Waals surface area (Å²) in [5.74, 6) is 0.162. The van der Waals surface area contributed by atoms with Crippen molar-refractivity contribution in [3.63, 3.8) is 0 Å². The van der Waals surface area contributed by atoms with E-state index in [1.54, 1.807) is 6.08 Å². The number of aromatic amines is 1. The van der Waals surface area contributed by atoms with Crippen LogP contribution in [0.2, 0.25) is 0 Å². The molecule has 0 radical (unpaired) electrons. The van der Waals surface area contributed by atoms with Gasteiger partial charge in [0, 0.05) is 35.1 Å². The van der Waals surface area contributed by atoms with Gasteiger partial charge < -0.3 is 10.3 Å². The third-order valence-corrected chi connectivity index (χ3v) is 4.56. The van der Waals surface area contributed by atoms with E-state index in [1.807, 2.05) is 24.4 Å². The number of benzene rings is 1. The van der Waals surface area contributed by atoms with Gasteiger partial charge in [0.1, 0.15) is 0 Å². The monoisotopic (exact) mass is 262 g/mol. The van der Waals surface area contributed by atoms with Gasteiger partial charge in [-0.15, -0.1) is 0 Å². The van der Waals surface area contributed by atoms with E-state index in [9.17, 15) is 8.42 Å². The van der Waals surface area contributed by atoms with E-state index in [-0.39, 0.29) is 11.8 Å². The van der Waals surface area contributed by atoms with Gasteiger partial charge in [0.05, 0.1) is 5.75 Å². The molecule has 0 saturated heterocycles. The molecule has 0 aliphatic carbocycles. The Balaban J connectivity index is 1.73. The Morgan fingerprint density at radius 1 is 1.33 bits per heavy atom. The molecule has 0 fully saturated rings. The number of H-pyrrole nitrogens is 1. The van der Waals surface area contributed by atoms with Crippen molar-refractivity contribution in [1.82, 2.24) is 10.3 Å². The standard InChI is InChI=1S/C13H14N2O2S/c16-18(17)6-5-11(9-18)14-7-10-8-15-13-4-2-1-3-12(10)13/h1-6,8,11,14-15H,7,9H2. The predicted molar refractivity (Wildman–Crippen MR) is 71.9 cm³/mol. The summed E-state index contributed by atoms with van der Waals surface area (Å²) in [6, 6.07) is 7.99. The molecule has 1 aromatic heterocycles. The minimum atomic E-state index is -2.98. The highest BCUT2D eigenvalue weighted by Crippen LogP contribution is 2.18. The second-order valence-electron chi connectivity index (χ2n) is 4.50. The number of aromatic nitrogens is 1. The Morgan fingerprint density at radius 3 is 2.94 bits per heavy atom. The molecule has 18 heavy (non-hydrogen) atoms. The Morgan fingerprint density at radius 2 is 2.17 bits per heavy atom. The van der Waals surface area contributed by atoms with Gasteiger partial charge in [-0.2, -0.15) is 0 Å². The summed E-state index contributed by atoms with van der Waals surface area (Å²) in [4.78, 5) is 3.20. The lowest BCUT2D eigenvalue weighted by Gasteiger charge is -2.08. The van der Waals surface area contributed by atoms with Crippen LogP contribution in [0.15, 0.2) is 41.9 Å². The quantitative estimate of drug-likeness (QED) is 0.882. The molecule has 2 aromatic rings. The molecule has 1 unspecified atom stereocenters. The number of para-hydroxylation sites is 1. The maximum atomic E-state index is 11.3. The molecule has 0 amide bonds. The zero-order valence-corrected chi connectivity index (χ0v) is 10.6. The maximum absolute atomic E-state index is 11.3. The first kappa shape index (κ1) is 11.5. The summed E-state index contributed by atoms with van der Waals surface area (Å²) in [5, 5.41) is 5.71. The van der Waals surface area contributed by atoms with Gasteiger partial charge in [0.25, 0.3) is 0 Å². The van der Waals surface area contributed by atoms with Crippen molar-refractivity contribution < 1.29 is 8.42 Å². The summed E-state index contributed by atoms with van der Waals surface area (Å²) in [6.07, 6.45) is 3.68. The van der Waals surface area contributed by atoms with E-state index in [0.717, 1.165) is 11.1 Å². The molecule has 2 N–H and O–H groups in total. The van der Waals surface area contributed by atoms with Gasteiger partial charge in [-0.1, -0.05) is 24.3 Å². The summed E-state index contributed by atoms with van der Waals surface area (Å²) in [5.41, 5.74) is 2.26. The zero-order valence-electron chi connectivity index (χ0n) is 9.76. The summed E-state index contributed by atoms with van der Waals surface area (Å²) >= 11 is 0. The van der Waals surface area contributed by atoms with Crippen LogP contribution >= 0.6 is 0 Å². The van der Waals surface area contributed by atoms with Crippen molar-refractivity contribution in [2.24, 2.45) is 0 Å². The van der Waals surface area contributed by atoms with E-state index in [0.29, 0.717) is 6.54 Å². The van der Waals surface area contributed by atoms with E-state index in [4.69, 9.17) is 0 Å². The van der Waals surface area contributed by atoms with E-state index < -0.39 is 9.84 Å². The summed E-state index contributed by atoms with van der Waals surface area (Å²) < 4.78 is 22.6. The van der Waals surface area contributed by atoms with Crippen LogP contribution in [0.5, 0.6) is 0 Å². The van der Waals surface area contributed by atoms with Crippen LogP contribution in [0.1, 0.15) is 5.56 Å². The molecule has 1 atom stereocenters. The van der Waals surface area contributed by atoms with Crippen LogP contribution in [0.25, 0.3) is 10.9 Å². The molecule has 0 saturated carbocycles. The molecule has 1 aliphatic heterocycles. The first-order valence-corrected chi connectivity index (χ1v) is 7.55. The van der Waals surface area contributed by atoms with Crippen molar-refractivity contribution in [1.29, 1.82) is 0 Å². The number of rotatable bonds is 3. The maximum Gasteiger partial charge on any atom is 0.173 e. The predicted octanol–water partition coefficient (Wildman–Crippen LogP) is 1.57. The first-order chi connectivity index (χ1) is 8.64. The third-order valence-electron chi connectivity index (χ3n) is 3.16. The van der Waals surface area contributed by atoms with Gasteiger partial charge in [-0.25, -0.2) is 8.42 Å². The Hall–Kier alpha value is -1.59. The van der Waals surface area contributed by atoms with Crippen molar-refractivity contribution in [2.45, 2.75) is 12.6 Å². The summed E-state index contributed by atoms with van der Waals surface area (Å²) in [6.45, 7) is 0.661. The lowest BCUT2D eigenvalue weighted by molar-refractivity contribution is 0.591. The third kappa shape index (κ3) is 2.19. The van der Waals surface area contributed by atoms with Gasteiger partial charge in [0.2, 0.25) is 0 Å². The van der Waals surface area contributed by atoms with E-state index in [1.165, 1.54) is 10.8 Å². The number of nitrogens with one attached hydrogen (secondary N) is 2. The highest BCUT2D eigenvalue weighted by molar-refractivity contribution is 7.94. The van der Waals surface area contributed by atoms with Gasteiger partial charge >= 0.3 is 0 Å². The Kier molecular flexibility index (Phi) is 2.72. The zero-order chi connectivity index (χ0) is 12.6. The molecule has 94 valence electrons. The number of hydrogen-bond donors (Lipinski definition) is 2. The smallest absolute Gasteiger partial charge is 0.173 e. The largest absolute Gasteiger partial charge is 0.361 e. The molecule has 4 nitrogen and oxygen atoms in total. The highest BCUT2D eigenvalue weighted by Gasteiger charge is 2.21. The first-order valence-electron chi connectivity index (χ1n) is 5.83. The average molecular weight is 262 g/mol. The Labute approximate surface area is 106 Å². The second-order valence-corrected chi connectivity index (χ2v) is 6.44. The van der Waals surface area contributed by atoms with E-state index >= 15 is 0 Å². The second kappa shape index (κ2) is 4.26. The molecule has 0 bridgehead atoms. The van der Waals surface area contributed by atoms with Gasteiger partial charge in [-0.05, 0) is 11.6 Å².